The number of hydrogen-bond donors (Lipinski definition) is 0. The van der Waals surface area contributed by atoms with Crippen LogP contribution in [0, 0.1) is 0 Å². The Balaban J connectivity index is -0.0000000375. The molecule has 0 aliphatic carbocycles. The van der Waals surface area contributed by atoms with Crippen molar-refractivity contribution in [1.82, 2.24) is 0 Å². The van der Waals surface area contributed by atoms with Crippen molar-refractivity contribution in [3.63, 3.8) is 0 Å². The molecule has 0 amide bonds. The molecular weight excluding hydrogens is 390 g/mol. The van der Waals surface area contributed by atoms with Crippen LogP contribution < -0.4 is 44.0 Å². The average Bonchev–Trinajstić information content (AvgIpc) is 2.16. The van der Waals surface area contributed by atoms with Crippen molar-refractivity contribution in [3.05, 3.63) is 0 Å². The Kier molecular flexibility index (Phi) is 34.9. The minimum atomic E-state index is -4.38. The molecule has 0 heterocycles. The fourth-order valence-electron chi connectivity index (χ4n) is 0. The van der Waals surface area contributed by atoms with Crippen LogP contribution in [0.1, 0.15) is 20.8 Å². The van der Waals surface area contributed by atoms with Gasteiger partial charge >= 0.3 is 159 Å². The summed E-state index contributed by atoms with van der Waals surface area (Å²) in [6, 6.07) is 0. The first-order valence-electron chi connectivity index (χ1n) is 5.02. The second-order valence-electron chi connectivity index (χ2n) is 3.11. The summed E-state index contributed by atoms with van der Waals surface area (Å²) in [4.78, 5) is 85.5. The first-order chi connectivity index (χ1) is 7.68. The normalized spacial score (nSPS) is 12.6. The number of hydrogen-bond acceptors (Lipinski definition) is 9. The predicted octanol–water partition coefficient (Wildman–Crippen LogP) is -8.40. The summed E-state index contributed by atoms with van der Waals surface area (Å²) >= 11 is 0. The molecule has 9 nitrogen and oxygen atoms in total. The van der Waals surface area contributed by atoms with Crippen molar-refractivity contribution in [2.45, 2.75) is 20.8 Å². The minimum absolute atomic E-state index is 0. The average molecular weight is 408 g/mol. The Morgan fingerprint density at radius 1 is 0.429 bits per heavy atom. The van der Waals surface area contributed by atoms with Gasteiger partial charge in [0.1, 0.15) is 0 Å². The Labute approximate surface area is 158 Å². The topological polar surface area (TPSA) is 208 Å². The van der Waals surface area contributed by atoms with Crippen LogP contribution in [0.15, 0.2) is 0 Å². The summed E-state index contributed by atoms with van der Waals surface area (Å²) in [6.45, 7) is 4.00. The van der Waals surface area contributed by atoms with Crippen LogP contribution in [-0.4, -0.2) is 70.6 Å². The molecule has 0 saturated carbocycles. The standard InChI is InChI=1S/3C2H6O3P.3Al/c3*1-2-6(3,4)5;;;/h3*6H,2H2,1H3;;;/q3*-3;3*+3. The van der Waals surface area contributed by atoms with E-state index in [0.29, 0.717) is 0 Å². The fourth-order valence-corrected chi connectivity index (χ4v) is 0. The Hall–Kier alpha value is 2.53. The second-order valence-corrected chi connectivity index (χ2v) is 9.33. The quantitative estimate of drug-likeness (QED) is 0.320. The van der Waals surface area contributed by atoms with Gasteiger partial charge in [-0.25, -0.2) is 0 Å². The van der Waals surface area contributed by atoms with Crippen LogP contribution in [0.5, 0.6) is 0 Å². The third-order valence-electron chi connectivity index (χ3n) is 1.30. The third-order valence-corrected chi connectivity index (χ3v) is 3.90. The molecule has 0 bridgehead atoms. The maximum atomic E-state index is 9.50. The Morgan fingerprint density at radius 3 is 0.476 bits per heavy atom. The van der Waals surface area contributed by atoms with Crippen molar-refractivity contribution in [2.24, 2.45) is 0 Å². The molecule has 21 heavy (non-hydrogen) atoms. The van der Waals surface area contributed by atoms with Gasteiger partial charge in [0.15, 0.2) is 0 Å². The van der Waals surface area contributed by atoms with Crippen LogP contribution in [-0.2, 0) is 0 Å². The van der Waals surface area contributed by atoms with E-state index in [2.05, 4.69) is 0 Å². The Morgan fingerprint density at radius 2 is 0.476 bits per heavy atom. The second kappa shape index (κ2) is 18.9. The maximum absolute atomic E-state index is 9.50. The zero-order valence-corrected chi connectivity index (χ0v) is 18.5. The molecule has 0 aromatic rings. The van der Waals surface area contributed by atoms with Gasteiger partial charge in [-0.2, -0.15) is 0 Å². The molecule has 0 aromatic heterocycles. The van der Waals surface area contributed by atoms with E-state index in [1.807, 2.05) is 0 Å². The molecule has 0 N–H and O–H groups in total. The molecule has 15 heteroatoms. The molecule has 120 valence electrons. The van der Waals surface area contributed by atoms with E-state index < -0.39 is 23.8 Å². The summed E-state index contributed by atoms with van der Waals surface area (Å²) in [5.41, 5.74) is 0. The smallest absolute Gasteiger partial charge is 3.00 e. The van der Waals surface area contributed by atoms with E-state index in [4.69, 9.17) is 0 Å². The molecule has 0 rings (SSSR count). The molecule has 0 atom stereocenters. The molecule has 0 radical (unpaired) electrons. The van der Waals surface area contributed by atoms with Gasteiger partial charge in [-0.15, -0.1) is 0 Å². The Bertz CT molecular complexity index is 161. The summed E-state index contributed by atoms with van der Waals surface area (Å²) < 4.78 is 0. The van der Waals surface area contributed by atoms with E-state index in [1.165, 1.54) is 20.8 Å². The van der Waals surface area contributed by atoms with Gasteiger partial charge in [-0.1, -0.05) is 0 Å². The van der Waals surface area contributed by atoms with Gasteiger partial charge in [0.2, 0.25) is 0 Å². The predicted molar refractivity (Wildman–Crippen MR) is 73.8 cm³/mol. The molecular formula is C6H18Al3O9P3. The van der Waals surface area contributed by atoms with Crippen molar-refractivity contribution in [1.29, 1.82) is 0 Å². The summed E-state index contributed by atoms with van der Waals surface area (Å²) in [6.07, 6.45) is -0.771. The van der Waals surface area contributed by atoms with Crippen molar-refractivity contribution in [3.8, 4) is 0 Å². The van der Waals surface area contributed by atoms with Crippen LogP contribution in [0.3, 0.4) is 0 Å². The van der Waals surface area contributed by atoms with E-state index in [1.54, 1.807) is 0 Å². The van der Waals surface area contributed by atoms with Crippen LogP contribution in [0.4, 0.5) is 0 Å². The van der Waals surface area contributed by atoms with E-state index in [-0.39, 0.29) is 70.6 Å². The van der Waals surface area contributed by atoms with E-state index in [0.717, 1.165) is 0 Å². The SMILES string of the molecule is CC[PH]([O-])([O-])[O-].CC[PH]([O-])([O-])[O-].CC[PH]([O-])([O-])[O-].[Al+3].[Al+3].[Al+3]. The first-order valence-corrected chi connectivity index (χ1v) is 10.8. The molecule has 0 spiro atoms. The minimum Gasteiger partial charge on any atom is 3.00 e. The molecule has 0 unspecified atom stereocenters. The molecule has 0 aliphatic heterocycles. The fraction of sp³-hybridized carbons (Fsp3) is 1.00. The van der Waals surface area contributed by atoms with Crippen molar-refractivity contribution in [2.75, 3.05) is 18.5 Å². The van der Waals surface area contributed by atoms with Crippen LogP contribution in [0.2, 0.25) is 0 Å². The zero-order valence-electron chi connectivity index (χ0n) is 12.0. The van der Waals surface area contributed by atoms with Crippen molar-refractivity contribution < 1.29 is 44.0 Å². The van der Waals surface area contributed by atoms with Crippen LogP contribution >= 0.6 is 23.8 Å². The molecule has 0 aromatic carbocycles. The van der Waals surface area contributed by atoms with Gasteiger partial charge in [0.05, 0.1) is 0 Å². The van der Waals surface area contributed by atoms with Gasteiger partial charge < -0.3 is 0 Å². The van der Waals surface area contributed by atoms with E-state index in [9.17, 15) is 44.0 Å². The summed E-state index contributed by atoms with van der Waals surface area (Å²) in [7, 11) is -13.1. The first kappa shape index (κ1) is 38.9. The van der Waals surface area contributed by atoms with E-state index >= 15 is 0 Å². The molecule has 0 fully saturated rings. The van der Waals surface area contributed by atoms with Gasteiger partial charge in [0, 0.05) is 0 Å². The summed E-state index contributed by atoms with van der Waals surface area (Å²) in [5, 5.41) is 0. The van der Waals surface area contributed by atoms with Gasteiger partial charge in [-0.3, -0.25) is 0 Å². The molecule has 0 saturated heterocycles. The maximum Gasteiger partial charge on any atom is 3.00 e. The monoisotopic (exact) mass is 408 g/mol. The van der Waals surface area contributed by atoms with Gasteiger partial charge in [-0.05, 0) is 0 Å². The summed E-state index contributed by atoms with van der Waals surface area (Å²) in [5.74, 6) is 0. The van der Waals surface area contributed by atoms with Crippen LogP contribution in [0.25, 0.3) is 0 Å². The number of rotatable bonds is 3. The zero-order chi connectivity index (χ0) is 15.6. The van der Waals surface area contributed by atoms with Crippen molar-refractivity contribution >= 4 is 75.9 Å². The third kappa shape index (κ3) is 71.4. The largest absolute Gasteiger partial charge is 3.00 e. The molecule has 0 aliphatic rings. The van der Waals surface area contributed by atoms with Gasteiger partial charge in [0.25, 0.3) is 0 Å².